The molecule has 0 bridgehead atoms. The van der Waals surface area contributed by atoms with Gasteiger partial charge >= 0.3 is 0 Å². The lowest BCUT2D eigenvalue weighted by atomic mass is 10.1. The van der Waals surface area contributed by atoms with E-state index in [9.17, 15) is 0 Å². The van der Waals surface area contributed by atoms with Gasteiger partial charge in [-0.1, -0.05) is 260 Å². The summed E-state index contributed by atoms with van der Waals surface area (Å²) in [5, 5.41) is 4.34. The van der Waals surface area contributed by atoms with Gasteiger partial charge in [0.25, 0.3) is 0 Å². The van der Waals surface area contributed by atoms with Gasteiger partial charge in [0.2, 0.25) is 0 Å². The molecule has 0 aliphatic carbocycles. The van der Waals surface area contributed by atoms with Gasteiger partial charge in [-0.15, -0.1) is 0 Å². The zero-order valence-corrected chi connectivity index (χ0v) is 73.6. The molecule has 2 rings (SSSR count). The van der Waals surface area contributed by atoms with Crippen molar-refractivity contribution in [1.29, 1.82) is 0 Å². The van der Waals surface area contributed by atoms with Crippen LogP contribution in [0.3, 0.4) is 0 Å². The summed E-state index contributed by atoms with van der Waals surface area (Å²) in [6.45, 7) is 96.9. The number of hydrogen-bond acceptors (Lipinski definition) is 8. The van der Waals surface area contributed by atoms with Crippen molar-refractivity contribution in [3.63, 3.8) is 0 Å². The van der Waals surface area contributed by atoms with Gasteiger partial charge in [0, 0.05) is 107 Å². The minimum atomic E-state index is -1.61. The summed E-state index contributed by atoms with van der Waals surface area (Å²) in [6, 6.07) is 11.5. The highest BCUT2D eigenvalue weighted by molar-refractivity contribution is 9.48. The van der Waals surface area contributed by atoms with E-state index < -0.39 is 96.9 Å². The predicted molar refractivity (Wildman–Crippen MR) is 407 cm³/mol. The van der Waals surface area contributed by atoms with Crippen molar-refractivity contribution >= 4 is 177 Å². The molecule has 0 aliphatic rings. The Bertz CT molecular complexity index is 1810. The molecule has 74 heavy (non-hydrogen) atoms. The fourth-order valence-electron chi connectivity index (χ4n) is 16.4. The van der Waals surface area contributed by atoms with Crippen LogP contribution in [0.1, 0.15) is 64.4 Å². The smallest absolute Gasteiger partial charge is 0.0493 e. The molecule has 0 fully saturated rings. The number of hydrogen-bond donors (Lipinski definition) is 0. The lowest BCUT2D eigenvalue weighted by molar-refractivity contribution is 1.01. The van der Waals surface area contributed by atoms with Crippen LogP contribution in [0.15, 0.2) is 34.1 Å². The van der Waals surface area contributed by atoms with Crippen molar-refractivity contribution in [2.45, 2.75) is 276 Å². The van der Waals surface area contributed by atoms with Crippen LogP contribution in [0.2, 0.25) is 236 Å². The third-order valence-corrected chi connectivity index (χ3v) is 86.0. The first-order valence-electron chi connectivity index (χ1n) is 28.1. The van der Waals surface area contributed by atoms with Crippen molar-refractivity contribution in [3.05, 3.63) is 57.6 Å². The average molecular weight is 1360 g/mol. The van der Waals surface area contributed by atoms with E-state index in [1.807, 2.05) is 39.3 Å². The average Bonchev–Trinajstić information content (AvgIpc) is 3.03. The molecule has 430 valence electrons. The second kappa shape index (κ2) is 26.2. The highest BCUT2D eigenvalue weighted by atomic mass is 34.0. The van der Waals surface area contributed by atoms with E-state index in [2.05, 4.69) is 301 Å². The van der Waals surface area contributed by atoms with E-state index >= 15 is 0 Å². The fraction of sp³-hybridized carbons (Fsp3) is 0.778. The molecule has 0 spiro atoms. The maximum atomic E-state index is 2.88. The SMILES string of the molecule is C[Si](C)(C)C(c1cc(C([Si](C)(C)C)[Si](C)(C)C)c(SSSSSSSSc2c(C([Si](C)(C)C)[Si](C)(C)C)cc(C([Si](C)(C)C)[Si](C)(C)C)cc2C([Si](C)(C)C)[Si](C)(C)C)c(C([Si](C)(C)C)[Si](C)(C)C)c1)[Si](C)(C)C. The quantitative estimate of drug-likeness (QED) is 0.0487. The molecule has 0 nitrogen and oxygen atoms in total. The molecule has 0 aliphatic heterocycles. The Labute approximate surface area is 505 Å². The third kappa shape index (κ3) is 20.8. The summed E-state index contributed by atoms with van der Waals surface area (Å²) in [7, 11) is -2.44. The van der Waals surface area contributed by atoms with Crippen molar-refractivity contribution in [1.82, 2.24) is 0 Å². The van der Waals surface area contributed by atoms with Crippen molar-refractivity contribution < 1.29 is 0 Å². The fourth-order valence-corrected chi connectivity index (χ4v) is 111. The lowest BCUT2D eigenvalue weighted by Crippen LogP contribution is -2.49. The maximum Gasteiger partial charge on any atom is 0.0493 e. The van der Waals surface area contributed by atoms with E-state index in [4.69, 9.17) is 0 Å². The molecule has 0 saturated carbocycles. The standard InChI is InChI=1S/C54H118S8Si12/c1-63(2,3)49(64(4,5)6)41-37-43(51(67(13,14)15)68(16,17)18)47(44(38-41)52(69(19,20)21)70(22,23)24)55-57-59-61-62-60-58-56-48-45(53(71(25,26)27)72(28,29)30)39-42(50(65(7,8)9)66(10,11)12)40-46(48)54(73(31,32)33)74(34,35)36/h37-40,49-54H,1-36H3. The molecule has 2 aromatic carbocycles. The highest BCUT2D eigenvalue weighted by Crippen LogP contribution is 2.62. The topological polar surface area (TPSA) is 0 Å². The normalized spacial score (nSPS) is 15.1. The summed E-state index contributed by atoms with van der Waals surface area (Å²) in [5.74, 6) is 0. The number of benzene rings is 2. The molecule has 0 amide bonds. The van der Waals surface area contributed by atoms with Gasteiger partial charge in [-0.3, -0.25) is 0 Å². The van der Waals surface area contributed by atoms with Crippen molar-refractivity contribution in [2.75, 3.05) is 0 Å². The molecule has 0 aromatic heterocycles. The Hall–Kier alpha value is 3.84. The van der Waals surface area contributed by atoms with Crippen LogP contribution in [0.5, 0.6) is 0 Å². The van der Waals surface area contributed by atoms with Gasteiger partial charge in [-0.05, 0) is 145 Å². The Morgan fingerprint density at radius 3 is 0.473 bits per heavy atom. The summed E-state index contributed by atoms with van der Waals surface area (Å²) in [5.41, 5.74) is 10.6. The lowest BCUT2D eigenvalue weighted by Gasteiger charge is -2.45. The van der Waals surface area contributed by atoms with Crippen LogP contribution in [-0.2, 0) is 0 Å². The van der Waals surface area contributed by atoms with E-state index in [1.54, 1.807) is 43.2 Å². The van der Waals surface area contributed by atoms with Crippen molar-refractivity contribution in [2.24, 2.45) is 0 Å². The van der Waals surface area contributed by atoms with Crippen LogP contribution in [0, 0.1) is 0 Å². The van der Waals surface area contributed by atoms with E-state index in [0.29, 0.717) is 20.7 Å². The monoisotopic (exact) mass is 1360 g/mol. The highest BCUT2D eigenvalue weighted by Gasteiger charge is 2.49. The summed E-state index contributed by atoms with van der Waals surface area (Å²) in [6.07, 6.45) is 0. The number of rotatable bonds is 27. The zero-order chi connectivity index (χ0) is 58.6. The minimum Gasteiger partial charge on any atom is -0.0693 e. The first kappa shape index (κ1) is 73.9. The minimum absolute atomic E-state index is 0.712. The van der Waals surface area contributed by atoms with Gasteiger partial charge in [0.15, 0.2) is 0 Å². The molecule has 0 saturated heterocycles. The predicted octanol–water partition coefficient (Wildman–Crippen LogP) is 25.4. The van der Waals surface area contributed by atoms with Gasteiger partial charge in [-0.25, -0.2) is 0 Å². The van der Waals surface area contributed by atoms with Gasteiger partial charge in [0.05, 0.1) is 0 Å². The van der Waals surface area contributed by atoms with Gasteiger partial charge < -0.3 is 0 Å². The van der Waals surface area contributed by atoms with Crippen LogP contribution in [0.4, 0.5) is 0 Å². The molecule has 0 N–H and O–H groups in total. The Morgan fingerprint density at radius 2 is 0.338 bits per heavy atom. The molecule has 0 heterocycles. The second-order valence-corrected chi connectivity index (χ2v) is 116. The molecule has 0 unspecified atom stereocenters. The molecule has 0 radical (unpaired) electrons. The molecular formula is C54H118S8Si12. The van der Waals surface area contributed by atoms with Crippen LogP contribution >= 0.6 is 80.5 Å². The van der Waals surface area contributed by atoms with Gasteiger partial charge in [0.1, 0.15) is 0 Å². The summed E-state index contributed by atoms with van der Waals surface area (Å²) < 4.78 is 0. The Kier molecular flexibility index (Phi) is 26.2. The van der Waals surface area contributed by atoms with E-state index in [0.717, 1.165) is 10.3 Å². The van der Waals surface area contributed by atoms with Crippen LogP contribution < -0.4 is 0 Å². The van der Waals surface area contributed by atoms with Gasteiger partial charge in [-0.2, -0.15) is 0 Å². The Morgan fingerprint density at radius 1 is 0.203 bits per heavy atom. The summed E-state index contributed by atoms with van der Waals surface area (Å²) >= 11 is 0. The maximum absolute atomic E-state index is 2.88. The molecule has 2 aromatic rings. The molecule has 0 atom stereocenters. The second-order valence-electron chi connectivity index (χ2n) is 35.6. The first-order chi connectivity index (χ1) is 32.4. The van der Waals surface area contributed by atoms with Crippen LogP contribution in [0.25, 0.3) is 0 Å². The summed E-state index contributed by atoms with van der Waals surface area (Å²) in [4.78, 5) is 3.38. The molecule has 20 heteroatoms. The zero-order valence-electron chi connectivity index (χ0n) is 55.0. The third-order valence-electron chi connectivity index (χ3n) is 15.0. The van der Waals surface area contributed by atoms with Crippen LogP contribution in [-0.4, -0.2) is 96.9 Å². The largest absolute Gasteiger partial charge is 0.0693 e. The van der Waals surface area contributed by atoms with E-state index in [-0.39, 0.29) is 0 Å². The first-order valence-corrected chi connectivity index (χ1v) is 81.2. The molecular weight excluding hydrogens is 1240 g/mol. The Balaban J connectivity index is 2.85. The van der Waals surface area contributed by atoms with Crippen molar-refractivity contribution in [3.8, 4) is 0 Å². The van der Waals surface area contributed by atoms with E-state index in [1.165, 1.54) is 0 Å².